The number of nitrogens with zero attached hydrogens (tertiary/aromatic N) is 2. The van der Waals surface area contributed by atoms with E-state index in [1.165, 1.54) is 0 Å². The molecule has 0 N–H and O–H groups in total. The Morgan fingerprint density at radius 2 is 1.45 bits per heavy atom. The highest BCUT2D eigenvalue weighted by Gasteiger charge is 2.32. The van der Waals surface area contributed by atoms with Crippen LogP contribution in [0.1, 0.15) is 45.4 Å². The first kappa shape index (κ1) is 15.5. The molecule has 114 valence electrons. The van der Waals surface area contributed by atoms with Crippen LogP contribution in [0.4, 0.5) is 0 Å². The van der Waals surface area contributed by atoms with Crippen LogP contribution < -0.4 is 0 Å². The minimum Gasteiger partial charge on any atom is -0.342 e. The number of carbonyl (C=O) groups is 2. The zero-order valence-corrected chi connectivity index (χ0v) is 13.1. The number of hydrogen-bond donors (Lipinski definition) is 0. The largest absolute Gasteiger partial charge is 0.342 e. The molecule has 1 aliphatic carbocycles. The van der Waals surface area contributed by atoms with E-state index in [-0.39, 0.29) is 17.6 Å². The molecule has 4 nitrogen and oxygen atoms in total. The van der Waals surface area contributed by atoms with Crippen LogP contribution in [-0.4, -0.2) is 54.7 Å². The van der Waals surface area contributed by atoms with Gasteiger partial charge >= 0.3 is 0 Å². The molecule has 1 aliphatic heterocycles. The SMILES string of the molecule is CC(=O)C1CCN(C(=O)C2CCC(N(C)C)CC2)CC1. The minimum atomic E-state index is 0.184. The van der Waals surface area contributed by atoms with E-state index in [0.717, 1.165) is 51.6 Å². The maximum absolute atomic E-state index is 12.5. The highest BCUT2D eigenvalue weighted by atomic mass is 16.2. The van der Waals surface area contributed by atoms with Gasteiger partial charge in [-0.15, -0.1) is 0 Å². The second-order valence-corrected chi connectivity index (χ2v) is 6.68. The van der Waals surface area contributed by atoms with Gasteiger partial charge in [0, 0.05) is 31.0 Å². The topological polar surface area (TPSA) is 40.6 Å². The van der Waals surface area contributed by atoms with E-state index in [1.807, 2.05) is 4.90 Å². The zero-order chi connectivity index (χ0) is 14.7. The van der Waals surface area contributed by atoms with Crippen LogP contribution in [0.3, 0.4) is 0 Å². The third kappa shape index (κ3) is 3.60. The van der Waals surface area contributed by atoms with Crippen molar-refractivity contribution in [2.75, 3.05) is 27.2 Å². The zero-order valence-electron chi connectivity index (χ0n) is 13.1. The molecule has 2 rings (SSSR count). The molecule has 4 heteroatoms. The van der Waals surface area contributed by atoms with E-state index >= 15 is 0 Å². The van der Waals surface area contributed by atoms with Gasteiger partial charge in [-0.25, -0.2) is 0 Å². The first-order valence-corrected chi connectivity index (χ1v) is 7.94. The maximum atomic E-state index is 12.5. The van der Waals surface area contributed by atoms with Gasteiger partial charge in [0.15, 0.2) is 0 Å². The fraction of sp³-hybridized carbons (Fsp3) is 0.875. The summed E-state index contributed by atoms with van der Waals surface area (Å²) in [6.07, 6.45) is 6.02. The summed E-state index contributed by atoms with van der Waals surface area (Å²) in [6, 6.07) is 0.641. The van der Waals surface area contributed by atoms with Crippen molar-refractivity contribution in [3.05, 3.63) is 0 Å². The summed E-state index contributed by atoms with van der Waals surface area (Å²) < 4.78 is 0. The first-order chi connectivity index (χ1) is 9.49. The smallest absolute Gasteiger partial charge is 0.225 e. The molecule has 20 heavy (non-hydrogen) atoms. The molecule has 0 unspecified atom stereocenters. The Labute approximate surface area is 122 Å². The van der Waals surface area contributed by atoms with Gasteiger partial charge in [-0.2, -0.15) is 0 Å². The Kier molecular flexibility index (Phi) is 5.19. The van der Waals surface area contributed by atoms with Gasteiger partial charge in [0.25, 0.3) is 0 Å². The van der Waals surface area contributed by atoms with Gasteiger partial charge in [0.05, 0.1) is 0 Å². The molecule has 0 radical (unpaired) electrons. The number of carbonyl (C=O) groups excluding carboxylic acids is 2. The summed E-state index contributed by atoms with van der Waals surface area (Å²) in [6.45, 7) is 3.22. The van der Waals surface area contributed by atoms with E-state index < -0.39 is 0 Å². The Bertz CT molecular complexity index is 351. The van der Waals surface area contributed by atoms with Crippen LogP contribution in [0.15, 0.2) is 0 Å². The molecular formula is C16H28N2O2. The number of piperidine rings is 1. The lowest BCUT2D eigenvalue weighted by Crippen LogP contribution is -2.44. The Morgan fingerprint density at radius 1 is 0.900 bits per heavy atom. The van der Waals surface area contributed by atoms with Crippen molar-refractivity contribution in [1.82, 2.24) is 9.80 Å². The second-order valence-electron chi connectivity index (χ2n) is 6.68. The lowest BCUT2D eigenvalue weighted by atomic mass is 9.84. The van der Waals surface area contributed by atoms with E-state index in [9.17, 15) is 9.59 Å². The molecule has 2 fully saturated rings. The summed E-state index contributed by atoms with van der Waals surface area (Å²) in [5, 5.41) is 0. The first-order valence-electron chi connectivity index (χ1n) is 7.94. The van der Waals surface area contributed by atoms with Crippen LogP contribution >= 0.6 is 0 Å². The predicted octanol–water partition coefficient (Wildman–Crippen LogP) is 1.93. The number of amides is 1. The fourth-order valence-corrected chi connectivity index (χ4v) is 3.60. The van der Waals surface area contributed by atoms with E-state index in [1.54, 1.807) is 6.92 Å². The highest BCUT2D eigenvalue weighted by Crippen LogP contribution is 2.29. The standard InChI is InChI=1S/C16H28N2O2/c1-12(19)13-8-10-18(11-9-13)16(20)14-4-6-15(7-5-14)17(2)3/h13-15H,4-11H2,1-3H3. The van der Waals surface area contributed by atoms with E-state index in [4.69, 9.17) is 0 Å². The third-order valence-corrected chi connectivity index (χ3v) is 5.16. The van der Waals surface area contributed by atoms with Gasteiger partial charge in [0.2, 0.25) is 5.91 Å². The molecule has 1 saturated heterocycles. The maximum Gasteiger partial charge on any atom is 0.225 e. The molecule has 1 saturated carbocycles. The van der Waals surface area contributed by atoms with Crippen LogP contribution in [0, 0.1) is 11.8 Å². The minimum absolute atomic E-state index is 0.184. The van der Waals surface area contributed by atoms with Crippen LogP contribution in [-0.2, 0) is 9.59 Å². The van der Waals surface area contributed by atoms with E-state index in [2.05, 4.69) is 19.0 Å². The van der Waals surface area contributed by atoms with Gasteiger partial charge in [-0.1, -0.05) is 0 Å². The van der Waals surface area contributed by atoms with Crippen molar-refractivity contribution in [2.45, 2.75) is 51.5 Å². The van der Waals surface area contributed by atoms with Crippen LogP contribution in [0.25, 0.3) is 0 Å². The van der Waals surface area contributed by atoms with Crippen LogP contribution in [0.5, 0.6) is 0 Å². The molecule has 0 aromatic carbocycles. The highest BCUT2D eigenvalue weighted by molar-refractivity contribution is 5.81. The van der Waals surface area contributed by atoms with Crippen molar-refractivity contribution >= 4 is 11.7 Å². The predicted molar refractivity (Wildman–Crippen MR) is 79.4 cm³/mol. The molecule has 2 aliphatic rings. The average Bonchev–Trinajstić information content (AvgIpc) is 2.46. The summed E-state index contributed by atoms with van der Waals surface area (Å²) in [7, 11) is 4.25. The molecule has 0 spiro atoms. The van der Waals surface area contributed by atoms with Crippen molar-refractivity contribution in [3.63, 3.8) is 0 Å². The van der Waals surface area contributed by atoms with Crippen molar-refractivity contribution in [2.24, 2.45) is 11.8 Å². The van der Waals surface area contributed by atoms with Crippen LogP contribution in [0.2, 0.25) is 0 Å². The lowest BCUT2D eigenvalue weighted by molar-refractivity contribution is -0.139. The fourth-order valence-electron chi connectivity index (χ4n) is 3.60. The van der Waals surface area contributed by atoms with Gasteiger partial charge in [-0.05, 0) is 59.5 Å². The number of ketones is 1. The van der Waals surface area contributed by atoms with Gasteiger partial charge in [0.1, 0.15) is 5.78 Å². The molecule has 0 bridgehead atoms. The van der Waals surface area contributed by atoms with Gasteiger partial charge < -0.3 is 9.80 Å². The summed E-state index contributed by atoms with van der Waals surface area (Å²) in [5.74, 6) is 1.02. The van der Waals surface area contributed by atoms with Crippen molar-refractivity contribution in [1.29, 1.82) is 0 Å². The Balaban J connectivity index is 1.80. The third-order valence-electron chi connectivity index (χ3n) is 5.16. The normalized spacial score (nSPS) is 28.7. The molecule has 0 aromatic heterocycles. The quantitative estimate of drug-likeness (QED) is 0.793. The number of rotatable bonds is 3. The molecule has 0 atom stereocenters. The van der Waals surface area contributed by atoms with Gasteiger partial charge in [-0.3, -0.25) is 9.59 Å². The summed E-state index contributed by atoms with van der Waals surface area (Å²) >= 11 is 0. The molecule has 1 heterocycles. The summed E-state index contributed by atoms with van der Waals surface area (Å²) in [4.78, 5) is 28.2. The summed E-state index contributed by atoms with van der Waals surface area (Å²) in [5.41, 5.74) is 0. The average molecular weight is 280 g/mol. The Hall–Kier alpha value is -0.900. The number of hydrogen-bond acceptors (Lipinski definition) is 3. The monoisotopic (exact) mass is 280 g/mol. The molecule has 1 amide bonds. The Morgan fingerprint density at radius 3 is 1.90 bits per heavy atom. The number of likely N-dealkylation sites (tertiary alicyclic amines) is 1. The molecule has 0 aromatic rings. The van der Waals surface area contributed by atoms with Crippen molar-refractivity contribution in [3.8, 4) is 0 Å². The number of Topliss-reactive ketones (excluding diaryl/α,β-unsaturated/α-hetero) is 1. The lowest BCUT2D eigenvalue weighted by Gasteiger charge is -2.37. The van der Waals surface area contributed by atoms with Crippen molar-refractivity contribution < 1.29 is 9.59 Å². The second kappa shape index (κ2) is 6.70. The molecular weight excluding hydrogens is 252 g/mol. The van der Waals surface area contributed by atoms with E-state index in [0.29, 0.717) is 11.9 Å².